The van der Waals surface area contributed by atoms with E-state index in [0.717, 1.165) is 38.9 Å². The summed E-state index contributed by atoms with van der Waals surface area (Å²) >= 11 is 0. The van der Waals surface area contributed by atoms with Gasteiger partial charge in [-0.15, -0.1) is 0 Å². The molecule has 1 atom stereocenters. The van der Waals surface area contributed by atoms with Crippen LogP contribution in [-0.4, -0.2) is 56.0 Å². The average Bonchev–Trinajstić information content (AvgIpc) is 2.72. The van der Waals surface area contributed by atoms with Gasteiger partial charge in [0.15, 0.2) is 0 Å². The molecule has 0 bridgehead atoms. The van der Waals surface area contributed by atoms with E-state index in [4.69, 9.17) is 14.2 Å². The van der Waals surface area contributed by atoms with Gasteiger partial charge in [0.2, 0.25) is 0 Å². The minimum absolute atomic E-state index is 0.0766. The van der Waals surface area contributed by atoms with Crippen molar-refractivity contribution in [3.05, 3.63) is 24.3 Å². The maximum atomic E-state index is 12.7. The maximum absolute atomic E-state index is 12.7. The monoisotopic (exact) mass is 390 g/mol. The minimum Gasteiger partial charge on any atom is -0.489 e. The first-order valence-electron chi connectivity index (χ1n) is 10.6. The Kier molecular flexibility index (Phi) is 7.98. The Hall–Kier alpha value is -1.79. The van der Waals surface area contributed by atoms with E-state index in [0.29, 0.717) is 37.1 Å². The lowest BCUT2D eigenvalue weighted by Gasteiger charge is -2.32. The topological polar surface area (TPSA) is 60.0 Å². The second-order valence-corrected chi connectivity index (χ2v) is 8.14. The summed E-state index contributed by atoms with van der Waals surface area (Å²) in [5, 5.41) is 3.01. The number of nitrogens with zero attached hydrogens (tertiary/aromatic N) is 1. The molecule has 2 aliphatic rings. The van der Waals surface area contributed by atoms with Crippen molar-refractivity contribution in [2.24, 2.45) is 5.92 Å². The van der Waals surface area contributed by atoms with Gasteiger partial charge in [-0.1, -0.05) is 26.0 Å². The number of carbonyl (C=O) groups excluding carboxylic acids is 1. The molecule has 0 radical (unpaired) electrons. The molecular formula is C22H34N2O4. The quantitative estimate of drug-likeness (QED) is 0.754. The molecule has 3 rings (SSSR count). The molecular weight excluding hydrogens is 356 g/mol. The van der Waals surface area contributed by atoms with Crippen LogP contribution in [0.1, 0.15) is 46.0 Å². The van der Waals surface area contributed by atoms with Crippen LogP contribution in [0.3, 0.4) is 0 Å². The zero-order chi connectivity index (χ0) is 19.8. The number of piperidine rings is 1. The van der Waals surface area contributed by atoms with E-state index in [1.165, 1.54) is 6.42 Å². The van der Waals surface area contributed by atoms with Crippen LogP contribution in [0.25, 0.3) is 0 Å². The van der Waals surface area contributed by atoms with Gasteiger partial charge in [-0.3, -0.25) is 0 Å². The molecule has 2 saturated heterocycles. The van der Waals surface area contributed by atoms with Crippen LogP contribution in [0, 0.1) is 5.92 Å². The van der Waals surface area contributed by atoms with Gasteiger partial charge in [-0.25, -0.2) is 4.79 Å². The number of rotatable bonds is 7. The van der Waals surface area contributed by atoms with Gasteiger partial charge in [-0.2, -0.15) is 0 Å². The van der Waals surface area contributed by atoms with Crippen LogP contribution in [0.4, 0.5) is 10.5 Å². The van der Waals surface area contributed by atoms with Crippen LogP contribution >= 0.6 is 0 Å². The SMILES string of the molecule is CC(C)COC1CCN(C(=O)Nc2ccccc2OC[C@H]2CCCCO2)CC1. The van der Waals surface area contributed by atoms with Crippen molar-refractivity contribution in [2.45, 2.75) is 58.2 Å². The lowest BCUT2D eigenvalue weighted by molar-refractivity contribution is -0.0109. The van der Waals surface area contributed by atoms with Crippen molar-refractivity contribution < 1.29 is 19.0 Å². The number of carbonyl (C=O) groups is 1. The molecule has 156 valence electrons. The molecule has 0 aliphatic carbocycles. The number of hydrogen-bond donors (Lipinski definition) is 1. The van der Waals surface area contributed by atoms with E-state index in [-0.39, 0.29) is 18.2 Å². The van der Waals surface area contributed by atoms with E-state index >= 15 is 0 Å². The highest BCUT2D eigenvalue weighted by atomic mass is 16.5. The highest BCUT2D eigenvalue weighted by molar-refractivity contribution is 5.91. The summed E-state index contributed by atoms with van der Waals surface area (Å²) in [5.74, 6) is 1.23. The van der Waals surface area contributed by atoms with E-state index in [1.807, 2.05) is 29.2 Å². The summed E-state index contributed by atoms with van der Waals surface area (Å²) < 4.78 is 17.6. The van der Waals surface area contributed by atoms with E-state index < -0.39 is 0 Å². The number of likely N-dealkylation sites (tertiary alicyclic amines) is 1. The van der Waals surface area contributed by atoms with Crippen molar-refractivity contribution in [1.82, 2.24) is 4.90 Å². The Morgan fingerprint density at radius 1 is 1.21 bits per heavy atom. The molecule has 0 unspecified atom stereocenters. The van der Waals surface area contributed by atoms with Gasteiger partial charge in [0.05, 0.1) is 17.9 Å². The number of anilines is 1. The molecule has 2 aliphatic heterocycles. The van der Waals surface area contributed by atoms with Crippen LogP contribution < -0.4 is 10.1 Å². The third-order valence-electron chi connectivity index (χ3n) is 5.22. The van der Waals surface area contributed by atoms with E-state index in [1.54, 1.807) is 0 Å². The van der Waals surface area contributed by atoms with Gasteiger partial charge in [0.1, 0.15) is 12.4 Å². The summed E-state index contributed by atoms with van der Waals surface area (Å²) in [6.07, 6.45) is 5.52. The van der Waals surface area contributed by atoms with Crippen molar-refractivity contribution in [3.8, 4) is 5.75 Å². The molecule has 6 nitrogen and oxygen atoms in total. The summed E-state index contributed by atoms with van der Waals surface area (Å²) in [6, 6.07) is 7.53. The lowest BCUT2D eigenvalue weighted by Crippen LogP contribution is -2.43. The normalized spacial score (nSPS) is 21.0. The van der Waals surface area contributed by atoms with Crippen LogP contribution in [-0.2, 0) is 9.47 Å². The zero-order valence-corrected chi connectivity index (χ0v) is 17.2. The predicted octanol–water partition coefficient (Wildman–Crippen LogP) is 4.30. The van der Waals surface area contributed by atoms with Gasteiger partial charge in [0.25, 0.3) is 0 Å². The number of urea groups is 1. The Balaban J connectivity index is 1.47. The van der Waals surface area contributed by atoms with Gasteiger partial charge >= 0.3 is 6.03 Å². The van der Waals surface area contributed by atoms with Crippen LogP contribution in [0.15, 0.2) is 24.3 Å². The number of hydrogen-bond acceptors (Lipinski definition) is 4. The average molecular weight is 391 g/mol. The summed E-state index contributed by atoms with van der Waals surface area (Å²) in [6.45, 7) is 7.85. The summed E-state index contributed by atoms with van der Waals surface area (Å²) in [5.41, 5.74) is 0.710. The molecule has 2 heterocycles. The molecule has 2 amide bonds. The maximum Gasteiger partial charge on any atom is 0.321 e. The first-order valence-corrected chi connectivity index (χ1v) is 10.6. The van der Waals surface area contributed by atoms with E-state index in [9.17, 15) is 4.79 Å². The Labute approximate surface area is 168 Å². The molecule has 0 spiro atoms. The molecule has 6 heteroatoms. The van der Waals surface area contributed by atoms with E-state index in [2.05, 4.69) is 19.2 Å². The third-order valence-corrected chi connectivity index (χ3v) is 5.22. The molecule has 1 N–H and O–H groups in total. The Morgan fingerprint density at radius 3 is 2.71 bits per heavy atom. The highest BCUT2D eigenvalue weighted by Gasteiger charge is 2.24. The fraction of sp³-hybridized carbons (Fsp3) is 0.682. The number of amides is 2. The molecule has 0 aromatic heterocycles. The molecule has 1 aromatic rings. The number of benzene rings is 1. The first kappa shape index (κ1) is 20.9. The Bertz CT molecular complexity index is 608. The summed E-state index contributed by atoms with van der Waals surface area (Å²) in [4.78, 5) is 14.5. The van der Waals surface area contributed by atoms with Crippen molar-refractivity contribution in [2.75, 3.05) is 38.2 Å². The highest BCUT2D eigenvalue weighted by Crippen LogP contribution is 2.26. The summed E-state index contributed by atoms with van der Waals surface area (Å²) in [7, 11) is 0. The largest absolute Gasteiger partial charge is 0.489 e. The molecule has 0 saturated carbocycles. The van der Waals surface area contributed by atoms with Gasteiger partial charge in [0, 0.05) is 26.3 Å². The van der Waals surface area contributed by atoms with Gasteiger partial charge in [-0.05, 0) is 50.2 Å². The first-order chi connectivity index (χ1) is 13.6. The smallest absolute Gasteiger partial charge is 0.321 e. The predicted molar refractivity (Wildman–Crippen MR) is 110 cm³/mol. The van der Waals surface area contributed by atoms with Gasteiger partial charge < -0.3 is 24.4 Å². The minimum atomic E-state index is -0.0766. The lowest BCUT2D eigenvalue weighted by atomic mass is 10.1. The molecule has 1 aromatic carbocycles. The molecule has 2 fully saturated rings. The second kappa shape index (κ2) is 10.7. The third kappa shape index (κ3) is 6.38. The number of ether oxygens (including phenoxy) is 3. The van der Waals surface area contributed by atoms with Crippen LogP contribution in [0.2, 0.25) is 0 Å². The molecule has 28 heavy (non-hydrogen) atoms. The fourth-order valence-electron chi connectivity index (χ4n) is 3.57. The standard InChI is InChI=1S/C22H34N2O4/c1-17(2)15-27-18-10-12-24(13-11-18)22(25)23-20-8-3-4-9-21(20)28-16-19-7-5-6-14-26-19/h3-4,8-9,17-19H,5-7,10-16H2,1-2H3,(H,23,25)/t19-/m1/s1. The number of para-hydroxylation sites is 2. The Morgan fingerprint density at radius 2 is 2.00 bits per heavy atom. The zero-order valence-electron chi connectivity index (χ0n) is 17.2. The van der Waals surface area contributed by atoms with Crippen LogP contribution in [0.5, 0.6) is 5.75 Å². The van der Waals surface area contributed by atoms with Crippen molar-refractivity contribution in [3.63, 3.8) is 0 Å². The van der Waals surface area contributed by atoms with Crippen molar-refractivity contribution >= 4 is 11.7 Å². The number of nitrogens with one attached hydrogen (secondary N) is 1. The second-order valence-electron chi connectivity index (χ2n) is 8.14. The fourth-order valence-corrected chi connectivity index (χ4v) is 3.57. The van der Waals surface area contributed by atoms with Crippen molar-refractivity contribution in [1.29, 1.82) is 0 Å².